The number of rotatable bonds is 8. The molecule has 0 aliphatic carbocycles. The highest BCUT2D eigenvalue weighted by Crippen LogP contribution is 2.60. The van der Waals surface area contributed by atoms with Crippen molar-refractivity contribution in [1.29, 1.82) is 0 Å². The molecule has 14 heteroatoms. The molecule has 0 spiro atoms. The van der Waals surface area contributed by atoms with Crippen LogP contribution in [-0.4, -0.2) is 39.2 Å². The zero-order valence-corrected chi connectivity index (χ0v) is 14.9. The van der Waals surface area contributed by atoms with Gasteiger partial charge in [0.2, 0.25) is 0 Å². The molecule has 0 radical (unpaired) electrons. The molecule has 0 amide bonds. The highest BCUT2D eigenvalue weighted by Gasteiger charge is 2.35. The molecule has 4 unspecified atom stereocenters. The van der Waals surface area contributed by atoms with Crippen LogP contribution < -0.4 is 11.2 Å². The molecule has 1 aliphatic rings. The first kappa shape index (κ1) is 20.2. The van der Waals surface area contributed by atoms with Gasteiger partial charge in [0.1, 0.15) is 6.23 Å². The minimum absolute atomic E-state index is 0.186. The number of phosphoric ester groups is 2. The summed E-state index contributed by atoms with van der Waals surface area (Å²) in [5.74, 6) is 0. The normalized spacial score (nSPS) is 25.4. The van der Waals surface area contributed by atoms with Crippen molar-refractivity contribution >= 4 is 15.6 Å². The second kappa shape index (κ2) is 8.07. The van der Waals surface area contributed by atoms with Crippen molar-refractivity contribution in [3.63, 3.8) is 0 Å². The van der Waals surface area contributed by atoms with Crippen LogP contribution in [0.5, 0.6) is 0 Å². The van der Waals surface area contributed by atoms with Crippen LogP contribution >= 0.6 is 15.6 Å². The van der Waals surface area contributed by atoms with E-state index in [1.807, 2.05) is 0 Å². The minimum Gasteiger partial charge on any atom is -0.355 e. The maximum absolute atomic E-state index is 11.7. The van der Waals surface area contributed by atoms with Gasteiger partial charge in [-0.1, -0.05) is 0 Å². The van der Waals surface area contributed by atoms with E-state index in [0.29, 0.717) is 12.8 Å². The van der Waals surface area contributed by atoms with E-state index >= 15 is 0 Å². The number of aromatic amines is 1. The van der Waals surface area contributed by atoms with Crippen LogP contribution in [0.25, 0.3) is 0 Å². The van der Waals surface area contributed by atoms with Crippen LogP contribution in [0.4, 0.5) is 0 Å². The monoisotopic (exact) mass is 400 g/mol. The number of hydrogen-bond acceptors (Lipinski definition) is 8. The molecule has 1 aromatic rings. The quantitative estimate of drug-likeness (QED) is 0.522. The summed E-state index contributed by atoms with van der Waals surface area (Å²) >= 11 is 0. The Hall–Kier alpha value is -1.10. The predicted octanol–water partition coefficient (Wildman–Crippen LogP) is 0.485. The van der Waals surface area contributed by atoms with Gasteiger partial charge in [0.05, 0.1) is 12.7 Å². The number of phosphoric acid groups is 2. The molecule has 2 heterocycles. The third-order valence-corrected chi connectivity index (χ3v) is 6.00. The van der Waals surface area contributed by atoms with Crippen molar-refractivity contribution in [2.75, 3.05) is 13.7 Å². The molecule has 4 atom stereocenters. The fourth-order valence-electron chi connectivity index (χ4n) is 2.24. The van der Waals surface area contributed by atoms with E-state index in [4.69, 9.17) is 9.63 Å². The van der Waals surface area contributed by atoms with Gasteiger partial charge in [-0.15, -0.1) is 0 Å². The molecule has 0 saturated carbocycles. The van der Waals surface area contributed by atoms with Crippen molar-refractivity contribution in [3.05, 3.63) is 33.1 Å². The third kappa shape index (κ3) is 5.98. The molecule has 1 aromatic heterocycles. The van der Waals surface area contributed by atoms with Gasteiger partial charge in [0, 0.05) is 19.4 Å². The molecular formula is C11H18N2O10P2. The lowest BCUT2D eigenvalue weighted by Gasteiger charge is -2.17. The number of nitrogens with one attached hydrogen (secondary N) is 1. The average molecular weight is 400 g/mol. The van der Waals surface area contributed by atoms with E-state index in [-0.39, 0.29) is 19.1 Å². The van der Waals surface area contributed by atoms with Crippen LogP contribution in [0.3, 0.4) is 0 Å². The maximum atomic E-state index is 11.7. The number of aromatic nitrogens is 2. The van der Waals surface area contributed by atoms with Crippen molar-refractivity contribution in [2.24, 2.45) is 0 Å². The molecule has 3 N–H and O–H groups in total. The van der Waals surface area contributed by atoms with Gasteiger partial charge in [-0.05, 0) is 19.3 Å². The van der Waals surface area contributed by atoms with E-state index in [2.05, 4.69) is 18.3 Å². The van der Waals surface area contributed by atoms with Crippen LogP contribution in [0.15, 0.2) is 21.9 Å². The van der Waals surface area contributed by atoms with Crippen molar-refractivity contribution in [1.82, 2.24) is 9.55 Å². The lowest BCUT2D eigenvalue weighted by molar-refractivity contribution is -0.0101. The van der Waals surface area contributed by atoms with Gasteiger partial charge < -0.3 is 14.5 Å². The number of ether oxygens (including phenoxy) is 1. The molecule has 1 aliphatic heterocycles. The Labute approximate surface area is 141 Å². The van der Waals surface area contributed by atoms with Crippen molar-refractivity contribution in [3.8, 4) is 0 Å². The topological polar surface area (TPSA) is 166 Å². The molecule has 1 fully saturated rings. The smallest absolute Gasteiger partial charge is 0.355 e. The van der Waals surface area contributed by atoms with E-state index in [1.54, 1.807) is 0 Å². The second-order valence-electron chi connectivity index (χ2n) is 5.13. The zero-order valence-electron chi connectivity index (χ0n) is 13.1. The number of nitrogens with zero attached hydrogens (tertiary/aromatic N) is 1. The SMILES string of the molecule is COP(=O)(O)OP(=O)(O)OCCC1CCC(n2ccc(=O)[nH]c2=O)O1. The van der Waals surface area contributed by atoms with Crippen LogP contribution in [0.2, 0.25) is 0 Å². The van der Waals surface area contributed by atoms with Crippen LogP contribution in [0, 0.1) is 0 Å². The fourth-order valence-corrected chi connectivity index (χ4v) is 4.08. The van der Waals surface area contributed by atoms with Crippen molar-refractivity contribution < 1.29 is 37.0 Å². The van der Waals surface area contributed by atoms with E-state index in [1.165, 1.54) is 16.8 Å². The Morgan fingerprint density at radius 3 is 2.68 bits per heavy atom. The third-order valence-electron chi connectivity index (χ3n) is 3.38. The minimum atomic E-state index is -4.76. The van der Waals surface area contributed by atoms with Crippen LogP contribution in [-0.2, 0) is 27.2 Å². The zero-order chi connectivity index (χ0) is 18.7. The summed E-state index contributed by atoms with van der Waals surface area (Å²) in [5.41, 5.74) is -1.11. The van der Waals surface area contributed by atoms with Gasteiger partial charge in [0.15, 0.2) is 0 Å². The molecule has 25 heavy (non-hydrogen) atoms. The number of hydrogen-bond donors (Lipinski definition) is 3. The molecular weight excluding hydrogens is 382 g/mol. The highest BCUT2D eigenvalue weighted by atomic mass is 31.3. The fraction of sp³-hybridized carbons (Fsp3) is 0.636. The first-order valence-corrected chi connectivity index (χ1v) is 10.1. The standard InChI is InChI=1S/C11H18N2O10P2/c1-20-24(16,17)23-25(18,19)21-7-5-8-2-3-10(22-8)13-6-4-9(14)12-11(13)15/h4,6,8,10H,2-3,5,7H2,1H3,(H,16,17)(H,18,19)(H,12,14,15). The van der Waals surface area contributed by atoms with Gasteiger partial charge in [0.25, 0.3) is 5.56 Å². The summed E-state index contributed by atoms with van der Waals surface area (Å²) in [6.45, 7) is -0.282. The maximum Gasteiger partial charge on any atom is 0.481 e. The van der Waals surface area contributed by atoms with E-state index < -0.39 is 33.1 Å². The summed E-state index contributed by atoms with van der Waals surface area (Å²) in [4.78, 5) is 43.2. The van der Waals surface area contributed by atoms with Gasteiger partial charge in [-0.3, -0.25) is 23.4 Å². The Balaban J connectivity index is 1.84. The molecule has 12 nitrogen and oxygen atoms in total. The molecule has 2 rings (SSSR count). The molecule has 0 aromatic carbocycles. The Bertz CT molecular complexity index is 805. The molecule has 1 saturated heterocycles. The van der Waals surface area contributed by atoms with E-state index in [9.17, 15) is 23.6 Å². The summed E-state index contributed by atoms with van der Waals surface area (Å²) < 4.78 is 42.1. The lowest BCUT2D eigenvalue weighted by Crippen LogP contribution is -2.31. The highest BCUT2D eigenvalue weighted by molar-refractivity contribution is 7.61. The van der Waals surface area contributed by atoms with E-state index in [0.717, 1.165) is 7.11 Å². The summed E-state index contributed by atoms with van der Waals surface area (Å²) in [6.07, 6.45) is 1.62. The first-order chi connectivity index (χ1) is 11.6. The summed E-state index contributed by atoms with van der Waals surface area (Å²) in [7, 11) is -8.58. The first-order valence-electron chi connectivity index (χ1n) is 7.16. The van der Waals surface area contributed by atoms with Gasteiger partial charge in [-0.2, -0.15) is 4.31 Å². The Kier molecular flexibility index (Phi) is 6.52. The van der Waals surface area contributed by atoms with Crippen molar-refractivity contribution in [2.45, 2.75) is 31.6 Å². The lowest BCUT2D eigenvalue weighted by atomic mass is 10.2. The van der Waals surface area contributed by atoms with Crippen LogP contribution in [0.1, 0.15) is 25.5 Å². The summed E-state index contributed by atoms with van der Waals surface area (Å²) in [5, 5.41) is 0. The largest absolute Gasteiger partial charge is 0.481 e. The second-order valence-corrected chi connectivity index (χ2v) is 8.28. The van der Waals surface area contributed by atoms with Gasteiger partial charge in [-0.25, -0.2) is 13.9 Å². The Morgan fingerprint density at radius 1 is 1.32 bits per heavy atom. The average Bonchev–Trinajstić information content (AvgIpc) is 2.94. The summed E-state index contributed by atoms with van der Waals surface area (Å²) in [6, 6.07) is 1.20. The Morgan fingerprint density at radius 2 is 2.04 bits per heavy atom. The predicted molar refractivity (Wildman–Crippen MR) is 82.8 cm³/mol. The molecule has 142 valence electrons. The number of H-pyrrole nitrogens is 1. The van der Waals surface area contributed by atoms with Gasteiger partial charge >= 0.3 is 21.3 Å². The molecule has 0 bridgehead atoms.